The zero-order valence-corrected chi connectivity index (χ0v) is 15.9. The second-order valence-corrected chi connectivity index (χ2v) is 6.98. The number of benzene rings is 2. The number of amides is 1. The van der Waals surface area contributed by atoms with E-state index in [0.29, 0.717) is 41.2 Å². The monoisotopic (exact) mass is 395 g/mol. The summed E-state index contributed by atoms with van der Waals surface area (Å²) in [6.07, 6.45) is 0. The molecule has 0 aromatic heterocycles. The van der Waals surface area contributed by atoms with E-state index in [1.807, 2.05) is 0 Å². The van der Waals surface area contributed by atoms with E-state index in [2.05, 4.69) is 0 Å². The van der Waals surface area contributed by atoms with E-state index in [-0.39, 0.29) is 5.56 Å². The molecule has 27 heavy (non-hydrogen) atoms. The Kier molecular flexibility index (Phi) is 5.74. The first-order valence-electron chi connectivity index (χ1n) is 8.17. The molecule has 144 valence electrons. The number of carbonyl (C=O) groups excluding carboxylic acids is 1. The first kappa shape index (κ1) is 19.3. The zero-order chi connectivity index (χ0) is 19.6. The lowest BCUT2D eigenvalue weighted by Crippen LogP contribution is -2.31. The molecule has 2 aromatic carbocycles. The summed E-state index contributed by atoms with van der Waals surface area (Å²) in [5.74, 6) is 0.109. The van der Waals surface area contributed by atoms with Crippen LogP contribution in [0.3, 0.4) is 0 Å². The number of hydrogen-bond acceptors (Lipinski definition) is 5. The van der Waals surface area contributed by atoms with Crippen LogP contribution in [-0.2, 0) is 0 Å². The van der Waals surface area contributed by atoms with E-state index < -0.39 is 22.9 Å². The van der Waals surface area contributed by atoms with E-state index in [1.165, 1.54) is 39.2 Å². The van der Waals surface area contributed by atoms with Gasteiger partial charge in [0, 0.05) is 30.0 Å². The summed E-state index contributed by atoms with van der Waals surface area (Å²) in [6.45, 7) is 0.433. The maximum atomic E-state index is 14.1. The lowest BCUT2D eigenvalue weighted by atomic mass is 10.1. The number of methoxy groups -OCH3 is 3. The molecule has 1 aliphatic rings. The van der Waals surface area contributed by atoms with Crippen molar-refractivity contribution < 1.29 is 27.8 Å². The molecule has 0 N–H and O–H groups in total. The van der Waals surface area contributed by atoms with E-state index in [4.69, 9.17) is 14.2 Å². The van der Waals surface area contributed by atoms with Gasteiger partial charge in [-0.25, -0.2) is 8.78 Å². The number of rotatable bonds is 5. The molecule has 1 heterocycles. The topological polar surface area (TPSA) is 48.0 Å². The summed E-state index contributed by atoms with van der Waals surface area (Å²) >= 11 is 1.53. The fraction of sp³-hybridized carbons (Fsp3) is 0.316. The molecule has 1 fully saturated rings. The average molecular weight is 395 g/mol. The molecule has 0 aliphatic carbocycles. The van der Waals surface area contributed by atoms with Gasteiger partial charge < -0.3 is 19.1 Å². The van der Waals surface area contributed by atoms with Crippen LogP contribution in [-0.4, -0.2) is 44.4 Å². The van der Waals surface area contributed by atoms with Gasteiger partial charge in [-0.2, -0.15) is 0 Å². The van der Waals surface area contributed by atoms with Crippen molar-refractivity contribution in [2.24, 2.45) is 0 Å². The van der Waals surface area contributed by atoms with Crippen LogP contribution in [0.4, 0.5) is 8.78 Å². The number of carbonyl (C=O) groups is 1. The molecular weight excluding hydrogens is 376 g/mol. The lowest BCUT2D eigenvalue weighted by molar-refractivity contribution is 0.0754. The highest BCUT2D eigenvalue weighted by atomic mass is 32.2. The maximum absolute atomic E-state index is 14.1. The molecule has 0 radical (unpaired) electrons. The van der Waals surface area contributed by atoms with Crippen molar-refractivity contribution in [2.45, 2.75) is 5.37 Å². The molecule has 3 rings (SSSR count). The Labute approximate surface area is 160 Å². The molecule has 1 atom stereocenters. The SMILES string of the molecule is COc1cc(OC)c(C2SCCN2C(=O)c2ccc(F)cc2F)cc1OC. The second-order valence-electron chi connectivity index (χ2n) is 5.80. The van der Waals surface area contributed by atoms with Gasteiger partial charge in [0.15, 0.2) is 11.5 Å². The third-order valence-corrected chi connectivity index (χ3v) is 5.56. The second kappa shape index (κ2) is 8.04. The smallest absolute Gasteiger partial charge is 0.258 e. The van der Waals surface area contributed by atoms with Crippen LogP contribution in [0.1, 0.15) is 21.3 Å². The van der Waals surface area contributed by atoms with Crippen molar-refractivity contribution >= 4 is 17.7 Å². The van der Waals surface area contributed by atoms with E-state index in [0.717, 1.165) is 6.07 Å². The Hall–Kier alpha value is -2.48. The van der Waals surface area contributed by atoms with Crippen LogP contribution in [0.5, 0.6) is 17.2 Å². The minimum absolute atomic E-state index is 0.164. The van der Waals surface area contributed by atoms with Gasteiger partial charge in [0.05, 0.1) is 26.9 Å². The summed E-state index contributed by atoms with van der Waals surface area (Å²) < 4.78 is 43.4. The first-order valence-corrected chi connectivity index (χ1v) is 9.22. The van der Waals surface area contributed by atoms with Crippen molar-refractivity contribution in [1.82, 2.24) is 4.90 Å². The molecule has 1 unspecified atom stereocenters. The van der Waals surface area contributed by atoms with Crippen LogP contribution < -0.4 is 14.2 Å². The Bertz CT molecular complexity index is 862. The van der Waals surface area contributed by atoms with Gasteiger partial charge in [0.25, 0.3) is 5.91 Å². The molecule has 1 aliphatic heterocycles. The zero-order valence-electron chi connectivity index (χ0n) is 15.1. The molecule has 2 aromatic rings. The highest BCUT2D eigenvalue weighted by molar-refractivity contribution is 7.99. The minimum atomic E-state index is -0.880. The average Bonchev–Trinajstić information content (AvgIpc) is 3.15. The van der Waals surface area contributed by atoms with Gasteiger partial charge >= 0.3 is 0 Å². The highest BCUT2D eigenvalue weighted by Gasteiger charge is 2.35. The summed E-state index contributed by atoms with van der Waals surface area (Å²) in [5, 5.41) is -0.392. The van der Waals surface area contributed by atoms with Gasteiger partial charge in [-0.15, -0.1) is 11.8 Å². The normalized spacial score (nSPS) is 16.3. The van der Waals surface area contributed by atoms with E-state index in [9.17, 15) is 13.6 Å². The number of nitrogens with zero attached hydrogens (tertiary/aromatic N) is 1. The third kappa shape index (κ3) is 3.66. The molecule has 8 heteroatoms. The van der Waals surface area contributed by atoms with E-state index in [1.54, 1.807) is 17.0 Å². The predicted molar refractivity (Wildman–Crippen MR) is 98.7 cm³/mol. The quantitative estimate of drug-likeness (QED) is 0.769. The Morgan fingerprint density at radius 3 is 2.33 bits per heavy atom. The largest absolute Gasteiger partial charge is 0.496 e. The summed E-state index contributed by atoms with van der Waals surface area (Å²) in [5.41, 5.74) is 0.553. The number of ether oxygens (including phenoxy) is 3. The van der Waals surface area contributed by atoms with Crippen molar-refractivity contribution in [2.75, 3.05) is 33.6 Å². The van der Waals surface area contributed by atoms with Gasteiger partial charge in [-0.05, 0) is 18.2 Å². The number of halogens is 2. The van der Waals surface area contributed by atoms with E-state index >= 15 is 0 Å². The molecule has 1 amide bonds. The molecule has 5 nitrogen and oxygen atoms in total. The molecule has 0 saturated carbocycles. The molecule has 1 saturated heterocycles. The molecule has 0 spiro atoms. The standard InChI is InChI=1S/C19H19F2NO4S/c1-24-15-10-17(26-3)16(25-2)9-13(15)19-22(6-7-27-19)18(23)12-5-4-11(20)8-14(12)21/h4-5,8-10,19H,6-7H2,1-3H3. The fourth-order valence-corrected chi connectivity index (χ4v) is 4.27. The molecular formula is C19H19F2NO4S. The maximum Gasteiger partial charge on any atom is 0.258 e. The van der Waals surface area contributed by atoms with Gasteiger partial charge in [0.2, 0.25) is 0 Å². The van der Waals surface area contributed by atoms with Crippen LogP contribution in [0.25, 0.3) is 0 Å². The van der Waals surface area contributed by atoms with Crippen molar-refractivity contribution in [1.29, 1.82) is 0 Å². The first-order chi connectivity index (χ1) is 13.0. The summed E-state index contributed by atoms with van der Waals surface area (Å²) in [7, 11) is 4.57. The number of thioether (sulfide) groups is 1. The minimum Gasteiger partial charge on any atom is -0.496 e. The number of hydrogen-bond donors (Lipinski definition) is 0. The molecule has 0 bridgehead atoms. The van der Waals surface area contributed by atoms with Crippen molar-refractivity contribution in [3.63, 3.8) is 0 Å². The summed E-state index contributed by atoms with van der Waals surface area (Å²) in [6, 6.07) is 6.39. The summed E-state index contributed by atoms with van der Waals surface area (Å²) in [4.78, 5) is 14.4. The Morgan fingerprint density at radius 1 is 1.04 bits per heavy atom. The lowest BCUT2D eigenvalue weighted by Gasteiger charge is -2.26. The highest BCUT2D eigenvalue weighted by Crippen LogP contribution is 2.46. The van der Waals surface area contributed by atoms with Gasteiger partial charge in [-0.3, -0.25) is 4.79 Å². The fourth-order valence-electron chi connectivity index (χ4n) is 3.00. The van der Waals surface area contributed by atoms with Crippen molar-refractivity contribution in [3.05, 3.63) is 53.1 Å². The van der Waals surface area contributed by atoms with Crippen LogP contribution in [0, 0.1) is 11.6 Å². The van der Waals surface area contributed by atoms with Crippen molar-refractivity contribution in [3.8, 4) is 17.2 Å². The van der Waals surface area contributed by atoms with Crippen LogP contribution in [0.2, 0.25) is 0 Å². The van der Waals surface area contributed by atoms with Crippen LogP contribution >= 0.6 is 11.8 Å². The Morgan fingerprint density at radius 2 is 1.70 bits per heavy atom. The van der Waals surface area contributed by atoms with Gasteiger partial charge in [0.1, 0.15) is 22.8 Å². The van der Waals surface area contributed by atoms with Crippen LogP contribution in [0.15, 0.2) is 30.3 Å². The predicted octanol–water partition coefficient (Wildman–Crippen LogP) is 3.88. The Balaban J connectivity index is 2.00. The third-order valence-electron chi connectivity index (χ3n) is 4.32. The van der Waals surface area contributed by atoms with Gasteiger partial charge in [-0.1, -0.05) is 0 Å².